The molecule has 1 aromatic rings. The highest BCUT2D eigenvalue weighted by Crippen LogP contribution is 2.16. The zero-order valence-electron chi connectivity index (χ0n) is 10.4. The van der Waals surface area contributed by atoms with E-state index in [4.69, 9.17) is 5.73 Å². The van der Waals surface area contributed by atoms with Crippen LogP contribution in [0.25, 0.3) is 0 Å². The predicted molar refractivity (Wildman–Crippen MR) is 66.9 cm³/mol. The molecule has 0 aliphatic carbocycles. The second kappa shape index (κ2) is 5.50. The van der Waals surface area contributed by atoms with Gasteiger partial charge in [-0.3, -0.25) is 5.10 Å². The lowest BCUT2D eigenvalue weighted by atomic mass is 10.0. The molecule has 98 valence electrons. The maximum atomic E-state index is 11.9. The highest BCUT2D eigenvalue weighted by Gasteiger charge is 2.22. The predicted octanol–water partition coefficient (Wildman–Crippen LogP) is 1.09. The van der Waals surface area contributed by atoms with Crippen molar-refractivity contribution in [2.45, 2.75) is 44.6 Å². The van der Waals surface area contributed by atoms with E-state index >= 15 is 0 Å². The Morgan fingerprint density at radius 2 is 2.18 bits per heavy atom. The van der Waals surface area contributed by atoms with Crippen LogP contribution in [0.3, 0.4) is 0 Å². The lowest BCUT2D eigenvalue weighted by molar-refractivity contribution is 0.445. The Hall–Kier alpha value is -1.08. The van der Waals surface area contributed by atoms with Gasteiger partial charge in [0.2, 0.25) is 10.0 Å². The summed E-state index contributed by atoms with van der Waals surface area (Å²) < 4.78 is 26.5. The molecule has 1 aromatic heterocycles. The Balaban J connectivity index is 2.71. The van der Waals surface area contributed by atoms with Crippen LogP contribution in [0.1, 0.15) is 33.6 Å². The number of aromatic nitrogens is 2. The number of sulfonamides is 1. The maximum absolute atomic E-state index is 11.9. The summed E-state index contributed by atoms with van der Waals surface area (Å²) in [6, 6.07) is -0.121. The molecule has 0 aliphatic heterocycles. The first kappa shape index (κ1) is 14.0. The lowest BCUT2D eigenvalue weighted by Crippen LogP contribution is -2.33. The molecule has 0 aliphatic rings. The summed E-state index contributed by atoms with van der Waals surface area (Å²) in [7, 11) is -3.57. The fourth-order valence-corrected chi connectivity index (χ4v) is 2.93. The van der Waals surface area contributed by atoms with E-state index in [2.05, 4.69) is 28.8 Å². The molecule has 0 saturated carbocycles. The van der Waals surface area contributed by atoms with Gasteiger partial charge in [-0.05, 0) is 19.3 Å². The summed E-state index contributed by atoms with van der Waals surface area (Å²) in [6.45, 7) is 6.02. The van der Waals surface area contributed by atoms with E-state index < -0.39 is 10.0 Å². The molecule has 7 heteroatoms. The van der Waals surface area contributed by atoms with Crippen LogP contribution < -0.4 is 10.5 Å². The van der Waals surface area contributed by atoms with E-state index in [1.807, 2.05) is 6.92 Å². The fourth-order valence-electron chi connectivity index (χ4n) is 1.65. The van der Waals surface area contributed by atoms with Crippen molar-refractivity contribution >= 4 is 15.8 Å². The minimum absolute atomic E-state index is 0.00787. The van der Waals surface area contributed by atoms with Crippen LogP contribution in [0.4, 0.5) is 5.82 Å². The number of rotatable bonds is 6. The summed E-state index contributed by atoms with van der Waals surface area (Å²) in [5.41, 5.74) is 5.49. The van der Waals surface area contributed by atoms with Crippen molar-refractivity contribution in [2.24, 2.45) is 5.92 Å². The van der Waals surface area contributed by atoms with Crippen molar-refractivity contribution in [3.8, 4) is 0 Å². The van der Waals surface area contributed by atoms with Crippen molar-refractivity contribution in [3.05, 3.63) is 6.20 Å². The van der Waals surface area contributed by atoms with Gasteiger partial charge in [-0.15, -0.1) is 0 Å². The number of nitrogens with two attached hydrogens (primary N) is 1. The zero-order valence-corrected chi connectivity index (χ0v) is 11.2. The molecule has 1 heterocycles. The van der Waals surface area contributed by atoms with E-state index in [1.54, 1.807) is 0 Å². The largest absolute Gasteiger partial charge is 0.383 e. The summed E-state index contributed by atoms with van der Waals surface area (Å²) in [4.78, 5) is 0.00787. The molecular weight excluding hydrogens is 240 g/mol. The van der Waals surface area contributed by atoms with E-state index in [9.17, 15) is 8.42 Å². The van der Waals surface area contributed by atoms with Gasteiger partial charge in [0.1, 0.15) is 10.7 Å². The molecule has 0 spiro atoms. The Morgan fingerprint density at radius 1 is 1.53 bits per heavy atom. The topological polar surface area (TPSA) is 101 Å². The number of anilines is 1. The van der Waals surface area contributed by atoms with Crippen LogP contribution in [0, 0.1) is 5.92 Å². The molecule has 0 saturated heterocycles. The Morgan fingerprint density at radius 3 is 2.65 bits per heavy atom. The third-order valence-corrected chi connectivity index (χ3v) is 4.35. The maximum Gasteiger partial charge on any atom is 0.246 e. The molecule has 1 rings (SSSR count). The van der Waals surface area contributed by atoms with E-state index in [0.717, 1.165) is 12.8 Å². The minimum Gasteiger partial charge on any atom is -0.383 e. The lowest BCUT2D eigenvalue weighted by Gasteiger charge is -2.17. The summed E-state index contributed by atoms with van der Waals surface area (Å²) in [5.74, 6) is 0.544. The first-order valence-corrected chi connectivity index (χ1v) is 7.16. The van der Waals surface area contributed by atoms with Crippen LogP contribution in [0.2, 0.25) is 0 Å². The average Bonchev–Trinajstić information content (AvgIpc) is 2.63. The SMILES string of the molecule is CCC(C)CC(C)NS(=O)(=O)c1cn[nH]c1N. The standard InChI is InChI=1S/C10H20N4O2S/c1-4-7(2)5-8(3)14-17(15,16)9-6-12-13-10(9)11/h6-8,14H,4-5H2,1-3H3,(H3,11,12,13). The third-order valence-electron chi connectivity index (χ3n) is 2.73. The molecule has 2 atom stereocenters. The van der Waals surface area contributed by atoms with Crippen LogP contribution in [0.5, 0.6) is 0 Å². The van der Waals surface area contributed by atoms with Crippen molar-refractivity contribution in [2.75, 3.05) is 5.73 Å². The van der Waals surface area contributed by atoms with Gasteiger partial charge < -0.3 is 5.73 Å². The highest BCUT2D eigenvalue weighted by atomic mass is 32.2. The molecular formula is C10H20N4O2S. The van der Waals surface area contributed by atoms with Crippen molar-refractivity contribution in [1.29, 1.82) is 0 Å². The normalized spacial score (nSPS) is 15.7. The van der Waals surface area contributed by atoms with E-state index in [1.165, 1.54) is 6.20 Å². The summed E-state index contributed by atoms with van der Waals surface area (Å²) >= 11 is 0. The molecule has 0 bridgehead atoms. The van der Waals surface area contributed by atoms with Gasteiger partial charge in [0.05, 0.1) is 6.20 Å². The van der Waals surface area contributed by atoms with Crippen molar-refractivity contribution in [3.63, 3.8) is 0 Å². The minimum atomic E-state index is -3.57. The van der Waals surface area contributed by atoms with E-state index in [-0.39, 0.29) is 16.8 Å². The van der Waals surface area contributed by atoms with Crippen molar-refractivity contribution in [1.82, 2.24) is 14.9 Å². The van der Waals surface area contributed by atoms with E-state index in [0.29, 0.717) is 5.92 Å². The molecule has 6 nitrogen and oxygen atoms in total. The molecule has 4 N–H and O–H groups in total. The average molecular weight is 260 g/mol. The number of aromatic amines is 1. The Bertz CT molecular complexity index is 455. The number of H-pyrrole nitrogens is 1. The molecule has 0 fully saturated rings. The van der Waals surface area contributed by atoms with Crippen LogP contribution >= 0.6 is 0 Å². The first-order chi connectivity index (χ1) is 7.86. The monoisotopic (exact) mass is 260 g/mol. The van der Waals surface area contributed by atoms with Gasteiger partial charge in [-0.25, -0.2) is 13.1 Å². The molecule has 0 amide bonds. The second-order valence-corrected chi connectivity index (χ2v) is 6.10. The molecule has 0 aromatic carbocycles. The zero-order chi connectivity index (χ0) is 13.1. The van der Waals surface area contributed by atoms with Crippen LogP contribution in [-0.2, 0) is 10.0 Å². The summed E-state index contributed by atoms with van der Waals surface area (Å²) in [6.07, 6.45) is 3.04. The number of nitrogens with one attached hydrogen (secondary N) is 2. The van der Waals surface area contributed by atoms with Gasteiger partial charge in [0, 0.05) is 6.04 Å². The first-order valence-electron chi connectivity index (χ1n) is 5.68. The molecule has 17 heavy (non-hydrogen) atoms. The smallest absolute Gasteiger partial charge is 0.246 e. The second-order valence-electron chi connectivity index (χ2n) is 4.42. The van der Waals surface area contributed by atoms with Crippen LogP contribution in [0.15, 0.2) is 11.1 Å². The van der Waals surface area contributed by atoms with Gasteiger partial charge >= 0.3 is 0 Å². The number of hydrogen-bond acceptors (Lipinski definition) is 4. The molecule has 2 unspecified atom stereocenters. The summed E-state index contributed by atoms with van der Waals surface area (Å²) in [5, 5.41) is 6.01. The van der Waals surface area contributed by atoms with Gasteiger partial charge in [-0.2, -0.15) is 5.10 Å². The van der Waals surface area contributed by atoms with Gasteiger partial charge in [-0.1, -0.05) is 20.3 Å². The van der Waals surface area contributed by atoms with Gasteiger partial charge in [0.25, 0.3) is 0 Å². The Labute approximate surface area is 102 Å². The third kappa shape index (κ3) is 3.71. The van der Waals surface area contributed by atoms with Crippen LogP contribution in [-0.4, -0.2) is 24.7 Å². The number of nitrogen functional groups attached to an aromatic ring is 1. The number of hydrogen-bond donors (Lipinski definition) is 3. The Kier molecular flexibility index (Phi) is 4.53. The van der Waals surface area contributed by atoms with Crippen molar-refractivity contribution < 1.29 is 8.42 Å². The van der Waals surface area contributed by atoms with Gasteiger partial charge in [0.15, 0.2) is 0 Å². The highest BCUT2D eigenvalue weighted by molar-refractivity contribution is 7.89. The quantitative estimate of drug-likeness (QED) is 0.712. The number of nitrogens with zero attached hydrogens (tertiary/aromatic N) is 1. The molecule has 0 radical (unpaired) electrons. The fraction of sp³-hybridized carbons (Fsp3) is 0.700.